The number of carbonyl (C=O) groups excluding carboxylic acids is 3. The maximum Gasteiger partial charge on any atom is 0.255 e. The minimum absolute atomic E-state index is 0.0592. The number of hydrogen-bond acceptors (Lipinski definition) is 7. The fourth-order valence-electron chi connectivity index (χ4n) is 4.46. The van der Waals surface area contributed by atoms with Crippen LogP contribution in [0.15, 0.2) is 24.3 Å². The molecule has 0 aromatic heterocycles. The van der Waals surface area contributed by atoms with Gasteiger partial charge in [-0.25, -0.2) is 0 Å². The van der Waals surface area contributed by atoms with E-state index in [1.165, 1.54) is 11.8 Å². The number of phenols is 1. The van der Waals surface area contributed by atoms with Crippen molar-refractivity contribution in [3.63, 3.8) is 0 Å². The molecule has 1 aliphatic heterocycles. The van der Waals surface area contributed by atoms with Gasteiger partial charge in [-0.15, -0.1) is 0 Å². The van der Waals surface area contributed by atoms with Gasteiger partial charge in [0.2, 0.25) is 5.91 Å². The van der Waals surface area contributed by atoms with E-state index in [2.05, 4.69) is 5.32 Å². The smallest absolute Gasteiger partial charge is 0.255 e. The molecule has 1 aliphatic rings. The summed E-state index contributed by atoms with van der Waals surface area (Å²) in [4.78, 5) is 41.1. The number of nitrogens with zero attached hydrogens (tertiary/aromatic N) is 2. The van der Waals surface area contributed by atoms with Crippen molar-refractivity contribution >= 4 is 23.4 Å². The molecule has 2 aromatic carbocycles. The lowest BCUT2D eigenvalue weighted by molar-refractivity contribution is -0.128. The van der Waals surface area contributed by atoms with Crippen LogP contribution >= 0.6 is 0 Å². The van der Waals surface area contributed by atoms with E-state index in [4.69, 9.17) is 15.3 Å². The summed E-state index contributed by atoms with van der Waals surface area (Å²) in [5, 5.41) is 31.3. The first-order chi connectivity index (χ1) is 18.3. The lowest BCUT2D eigenvalue weighted by atomic mass is 9.83. The summed E-state index contributed by atoms with van der Waals surface area (Å²) in [6, 6.07) is 6.60. The van der Waals surface area contributed by atoms with E-state index in [0.717, 1.165) is 5.56 Å². The summed E-state index contributed by atoms with van der Waals surface area (Å²) in [5.74, 6) is -0.272. The van der Waals surface area contributed by atoms with Crippen LogP contribution in [0.3, 0.4) is 0 Å². The van der Waals surface area contributed by atoms with Crippen LogP contribution in [0, 0.1) is 5.41 Å². The van der Waals surface area contributed by atoms with Crippen LogP contribution in [-0.4, -0.2) is 76.8 Å². The zero-order valence-corrected chi connectivity index (χ0v) is 23.5. The zero-order chi connectivity index (χ0) is 29.1. The maximum atomic E-state index is 13.5. The largest absolute Gasteiger partial charge is 0.507 e. The lowest BCUT2D eigenvalue weighted by Crippen LogP contribution is -2.31. The Morgan fingerprint density at radius 2 is 1.87 bits per heavy atom. The lowest BCUT2D eigenvalue weighted by Gasteiger charge is -2.25. The van der Waals surface area contributed by atoms with Crippen LogP contribution in [0.5, 0.6) is 11.5 Å². The van der Waals surface area contributed by atoms with Crippen LogP contribution in [0.1, 0.15) is 77.6 Å². The Labute approximate surface area is 229 Å². The van der Waals surface area contributed by atoms with Gasteiger partial charge in [-0.3, -0.25) is 19.8 Å². The molecule has 4 N–H and O–H groups in total. The van der Waals surface area contributed by atoms with Gasteiger partial charge in [0.25, 0.3) is 5.91 Å². The summed E-state index contributed by atoms with van der Waals surface area (Å²) in [6.07, 6.45) is 0. The molecule has 10 heteroatoms. The monoisotopic (exact) mass is 538 g/mol. The Balaban J connectivity index is 1.92. The number of phenolic OH excluding ortho intramolecular Hbond substituents is 1. The Morgan fingerprint density at radius 3 is 2.46 bits per heavy atom. The van der Waals surface area contributed by atoms with Crippen LogP contribution in [-0.2, 0) is 23.3 Å². The van der Waals surface area contributed by atoms with Gasteiger partial charge in [-0.1, -0.05) is 20.8 Å². The fourth-order valence-corrected chi connectivity index (χ4v) is 4.46. The fraction of sp³-hybridized carbons (Fsp3) is 0.448. The highest BCUT2D eigenvalue weighted by Crippen LogP contribution is 2.36. The van der Waals surface area contributed by atoms with E-state index in [-0.39, 0.29) is 55.1 Å². The maximum absolute atomic E-state index is 13.5. The Kier molecular flexibility index (Phi) is 9.01. The van der Waals surface area contributed by atoms with Gasteiger partial charge in [0.1, 0.15) is 17.3 Å². The number of hydrogen-bond donors (Lipinski definition) is 4. The van der Waals surface area contributed by atoms with Gasteiger partial charge in [0.15, 0.2) is 5.78 Å². The SMILES string of the molecule is CCOc1cc2c(cc1C(=O)NCCO)C(=N)N(CC(=O)c1cc(CN(C)C(C)=O)c(O)c(C(C)(C)C)c1)C2. The summed E-state index contributed by atoms with van der Waals surface area (Å²) in [7, 11) is 1.63. The number of rotatable bonds is 10. The van der Waals surface area contributed by atoms with Crippen LogP contribution in [0.2, 0.25) is 0 Å². The van der Waals surface area contributed by atoms with Crippen molar-refractivity contribution in [1.82, 2.24) is 15.1 Å². The summed E-state index contributed by atoms with van der Waals surface area (Å²) in [5.41, 5.74) is 2.55. The van der Waals surface area contributed by atoms with Crippen molar-refractivity contribution in [3.05, 3.63) is 57.6 Å². The van der Waals surface area contributed by atoms with Crippen molar-refractivity contribution in [2.24, 2.45) is 0 Å². The highest BCUT2D eigenvalue weighted by Gasteiger charge is 2.30. The zero-order valence-electron chi connectivity index (χ0n) is 23.5. The van der Waals surface area contributed by atoms with Gasteiger partial charge in [-0.2, -0.15) is 0 Å². The molecule has 0 saturated heterocycles. The summed E-state index contributed by atoms with van der Waals surface area (Å²) >= 11 is 0. The Bertz CT molecular complexity index is 1300. The van der Waals surface area contributed by atoms with Crippen molar-refractivity contribution in [3.8, 4) is 11.5 Å². The van der Waals surface area contributed by atoms with E-state index in [1.807, 2.05) is 27.7 Å². The standard InChI is InChI=1S/C29H38N4O6/c1-7-39-25-12-19-15-33(27(30)21(19)13-22(25)28(38)31-8-9-34)16-24(36)18-10-20(14-32(6)17(2)35)26(37)23(11-18)29(3,4)5/h10-13,30,34,37H,7-9,14-16H2,1-6H3,(H,31,38). The molecule has 0 saturated carbocycles. The molecule has 0 radical (unpaired) electrons. The van der Waals surface area contributed by atoms with Gasteiger partial charge in [0.05, 0.1) is 25.3 Å². The van der Waals surface area contributed by atoms with Crippen LogP contribution < -0.4 is 10.1 Å². The van der Waals surface area contributed by atoms with E-state index in [1.54, 1.807) is 36.2 Å². The summed E-state index contributed by atoms with van der Waals surface area (Å²) < 4.78 is 5.67. The van der Waals surface area contributed by atoms with Crippen molar-refractivity contribution < 1.29 is 29.3 Å². The third kappa shape index (κ3) is 6.57. The van der Waals surface area contributed by atoms with Gasteiger partial charge in [0, 0.05) is 55.9 Å². The molecule has 210 valence electrons. The number of amides is 2. The van der Waals surface area contributed by atoms with Gasteiger partial charge in [-0.05, 0) is 42.2 Å². The number of benzene rings is 2. The number of Topliss-reactive ketones (excluding diaryl/α,β-unsaturated/α-hetero) is 1. The van der Waals surface area contributed by atoms with Gasteiger partial charge < -0.3 is 30.1 Å². The number of aromatic hydroxyl groups is 1. The highest BCUT2D eigenvalue weighted by molar-refractivity contribution is 6.07. The molecule has 0 spiro atoms. The molecule has 2 amide bonds. The first-order valence-electron chi connectivity index (χ1n) is 12.9. The first-order valence-corrected chi connectivity index (χ1v) is 12.9. The number of nitrogens with one attached hydrogen (secondary N) is 2. The molecule has 0 bridgehead atoms. The third-order valence-corrected chi connectivity index (χ3v) is 6.68. The average Bonchev–Trinajstić information content (AvgIpc) is 3.16. The Hall–Kier alpha value is -3.92. The molecule has 0 aliphatic carbocycles. The van der Waals surface area contributed by atoms with E-state index in [9.17, 15) is 19.5 Å². The number of carbonyl (C=O) groups is 3. The molecule has 39 heavy (non-hydrogen) atoms. The minimum Gasteiger partial charge on any atom is -0.507 e. The first kappa shape index (κ1) is 29.6. The summed E-state index contributed by atoms with van der Waals surface area (Å²) in [6.45, 7) is 9.65. The van der Waals surface area contributed by atoms with Crippen molar-refractivity contribution in [2.75, 3.05) is 33.4 Å². The highest BCUT2D eigenvalue weighted by atomic mass is 16.5. The molecule has 2 aromatic rings. The number of amidine groups is 1. The number of aliphatic hydroxyl groups excluding tert-OH is 1. The average molecular weight is 539 g/mol. The minimum atomic E-state index is -0.455. The quantitative estimate of drug-likeness (QED) is 0.341. The van der Waals surface area contributed by atoms with E-state index < -0.39 is 11.3 Å². The normalized spacial score (nSPS) is 12.8. The van der Waals surface area contributed by atoms with Crippen LogP contribution in [0.4, 0.5) is 0 Å². The number of fused-ring (bicyclic) bond motifs is 1. The van der Waals surface area contributed by atoms with E-state index >= 15 is 0 Å². The predicted octanol–water partition coefficient (Wildman–Crippen LogP) is 2.81. The van der Waals surface area contributed by atoms with E-state index in [0.29, 0.717) is 41.2 Å². The molecule has 10 nitrogen and oxygen atoms in total. The Morgan fingerprint density at radius 1 is 1.18 bits per heavy atom. The second kappa shape index (κ2) is 11.9. The van der Waals surface area contributed by atoms with Crippen LogP contribution in [0.25, 0.3) is 0 Å². The second-order valence-corrected chi connectivity index (χ2v) is 10.7. The second-order valence-electron chi connectivity index (χ2n) is 10.7. The van der Waals surface area contributed by atoms with Gasteiger partial charge >= 0.3 is 0 Å². The number of ketones is 1. The molecule has 0 atom stereocenters. The molecule has 3 rings (SSSR count). The molecule has 1 heterocycles. The number of aliphatic hydroxyl groups is 1. The number of ether oxygens (including phenoxy) is 1. The predicted molar refractivity (Wildman–Crippen MR) is 148 cm³/mol. The molecular weight excluding hydrogens is 500 g/mol. The molecule has 0 fully saturated rings. The van der Waals surface area contributed by atoms with Crippen molar-refractivity contribution in [2.45, 2.75) is 53.1 Å². The topological polar surface area (TPSA) is 143 Å². The molecular formula is C29H38N4O6. The van der Waals surface area contributed by atoms with Crippen molar-refractivity contribution in [1.29, 1.82) is 5.41 Å². The molecule has 0 unspecified atom stereocenters. The third-order valence-electron chi connectivity index (χ3n) is 6.68.